The number of hydrogen-bond acceptors (Lipinski definition) is 7. The van der Waals surface area contributed by atoms with Crippen molar-refractivity contribution in [2.75, 3.05) is 26.4 Å². The molecule has 0 aromatic carbocycles. The average Bonchev–Trinajstić information content (AvgIpc) is 3.01. The maximum atomic E-state index is 5.94. The van der Waals surface area contributed by atoms with Gasteiger partial charge in [0, 0.05) is 31.4 Å². The topological polar surface area (TPSA) is 88.1 Å². The molecule has 2 aliphatic rings. The third kappa shape index (κ3) is 2.91. The van der Waals surface area contributed by atoms with Crippen LogP contribution in [0.4, 0.5) is 0 Å². The monoisotopic (exact) mass is 285 g/mol. The predicted molar refractivity (Wildman–Crippen MR) is 69.9 cm³/mol. The molecule has 3 heterocycles. The van der Waals surface area contributed by atoms with Crippen LogP contribution in [0.15, 0.2) is 5.16 Å². The molecule has 106 valence electrons. The summed E-state index contributed by atoms with van der Waals surface area (Å²) in [6.07, 6.45) is 3.03. The molecular weight excluding hydrogens is 266 g/mol. The van der Waals surface area contributed by atoms with Gasteiger partial charge in [0.2, 0.25) is 5.16 Å². The van der Waals surface area contributed by atoms with E-state index in [1.807, 2.05) is 0 Å². The van der Waals surface area contributed by atoms with Crippen molar-refractivity contribution in [2.45, 2.75) is 41.8 Å². The average molecular weight is 285 g/mol. The van der Waals surface area contributed by atoms with Crippen molar-refractivity contribution in [1.82, 2.24) is 20.2 Å². The fourth-order valence-corrected chi connectivity index (χ4v) is 3.87. The molecule has 1 aromatic rings. The largest absolute Gasteiger partial charge is 0.378 e. The summed E-state index contributed by atoms with van der Waals surface area (Å²) in [6.45, 7) is 3.52. The molecule has 2 N–H and O–H groups in total. The number of hydrogen-bond donors (Lipinski definition) is 1. The minimum atomic E-state index is -0.0674. The van der Waals surface area contributed by atoms with Gasteiger partial charge in [-0.05, 0) is 23.3 Å². The van der Waals surface area contributed by atoms with E-state index in [-0.39, 0.29) is 5.60 Å². The summed E-state index contributed by atoms with van der Waals surface area (Å²) in [5, 5.41) is 13.1. The van der Waals surface area contributed by atoms with Crippen LogP contribution in [0.1, 0.15) is 19.3 Å². The van der Waals surface area contributed by atoms with Gasteiger partial charge in [0.1, 0.15) is 0 Å². The molecule has 7 nitrogen and oxygen atoms in total. The summed E-state index contributed by atoms with van der Waals surface area (Å²) in [5.74, 6) is 0. The van der Waals surface area contributed by atoms with Gasteiger partial charge in [0.25, 0.3) is 0 Å². The Morgan fingerprint density at radius 1 is 1.47 bits per heavy atom. The Bertz CT molecular complexity index is 421. The van der Waals surface area contributed by atoms with Crippen molar-refractivity contribution in [1.29, 1.82) is 0 Å². The number of nitrogens with zero attached hydrogens (tertiary/aromatic N) is 4. The summed E-state index contributed by atoms with van der Waals surface area (Å²) in [4.78, 5) is 0. The Morgan fingerprint density at radius 2 is 2.42 bits per heavy atom. The molecular formula is C11H19N5O2S. The quantitative estimate of drug-likeness (QED) is 0.837. The predicted octanol–water partition coefficient (Wildman–Crippen LogP) is 0.0620. The van der Waals surface area contributed by atoms with Crippen molar-refractivity contribution in [3.63, 3.8) is 0 Å². The lowest BCUT2D eigenvalue weighted by atomic mass is 9.93. The first-order chi connectivity index (χ1) is 9.31. The van der Waals surface area contributed by atoms with Crippen LogP contribution in [0.5, 0.6) is 0 Å². The minimum absolute atomic E-state index is 0.0674. The first kappa shape index (κ1) is 13.3. The van der Waals surface area contributed by atoms with E-state index in [9.17, 15) is 0 Å². The molecule has 2 aliphatic heterocycles. The van der Waals surface area contributed by atoms with Gasteiger partial charge in [-0.25, -0.2) is 4.68 Å². The molecule has 0 radical (unpaired) electrons. The van der Waals surface area contributed by atoms with Gasteiger partial charge in [-0.2, -0.15) is 0 Å². The lowest BCUT2D eigenvalue weighted by Gasteiger charge is -2.36. The van der Waals surface area contributed by atoms with E-state index in [0.29, 0.717) is 18.3 Å². The highest BCUT2D eigenvalue weighted by Crippen LogP contribution is 2.39. The van der Waals surface area contributed by atoms with Crippen LogP contribution < -0.4 is 5.73 Å². The third-order valence-electron chi connectivity index (χ3n) is 3.63. The Kier molecular flexibility index (Phi) is 4.01. The van der Waals surface area contributed by atoms with Gasteiger partial charge < -0.3 is 15.2 Å². The highest BCUT2D eigenvalue weighted by molar-refractivity contribution is 7.99. The normalized spacial score (nSPS) is 31.1. The molecule has 0 amide bonds. The summed E-state index contributed by atoms with van der Waals surface area (Å²) < 4.78 is 13.2. The number of nitrogens with two attached hydrogens (primary N) is 1. The van der Waals surface area contributed by atoms with E-state index < -0.39 is 0 Å². The van der Waals surface area contributed by atoms with E-state index in [4.69, 9.17) is 15.2 Å². The summed E-state index contributed by atoms with van der Waals surface area (Å²) >= 11 is 1.73. The van der Waals surface area contributed by atoms with Crippen molar-refractivity contribution < 1.29 is 9.47 Å². The molecule has 2 saturated heterocycles. The van der Waals surface area contributed by atoms with Crippen LogP contribution in [0.3, 0.4) is 0 Å². The van der Waals surface area contributed by atoms with Gasteiger partial charge in [-0.15, -0.1) is 5.10 Å². The molecule has 19 heavy (non-hydrogen) atoms. The first-order valence-corrected chi connectivity index (χ1v) is 7.54. The molecule has 2 atom stereocenters. The van der Waals surface area contributed by atoms with Crippen molar-refractivity contribution >= 4 is 11.8 Å². The molecule has 3 rings (SSSR count). The Morgan fingerprint density at radius 3 is 3.21 bits per heavy atom. The van der Waals surface area contributed by atoms with Crippen molar-refractivity contribution in [3.8, 4) is 0 Å². The minimum Gasteiger partial charge on any atom is -0.378 e. The summed E-state index contributed by atoms with van der Waals surface area (Å²) in [6, 6.07) is 0. The first-order valence-electron chi connectivity index (χ1n) is 6.66. The lowest BCUT2D eigenvalue weighted by Crippen LogP contribution is -2.41. The fourth-order valence-electron chi connectivity index (χ4n) is 2.64. The third-order valence-corrected chi connectivity index (χ3v) is 4.87. The summed E-state index contributed by atoms with van der Waals surface area (Å²) in [5.41, 5.74) is 5.49. The second kappa shape index (κ2) is 5.74. The lowest BCUT2D eigenvalue weighted by molar-refractivity contribution is -0.0770. The number of aromatic nitrogens is 4. The molecule has 2 unspecified atom stereocenters. The van der Waals surface area contributed by atoms with Gasteiger partial charge in [0.05, 0.1) is 18.8 Å². The van der Waals surface area contributed by atoms with Gasteiger partial charge in [-0.1, -0.05) is 11.8 Å². The molecule has 0 aliphatic carbocycles. The molecule has 1 aromatic heterocycles. The fraction of sp³-hybridized carbons (Fsp3) is 0.909. The second-order valence-corrected chi connectivity index (χ2v) is 6.31. The number of thioether (sulfide) groups is 1. The maximum Gasteiger partial charge on any atom is 0.209 e. The molecule has 0 saturated carbocycles. The van der Waals surface area contributed by atoms with E-state index in [1.54, 1.807) is 16.4 Å². The Balaban J connectivity index is 1.64. The summed E-state index contributed by atoms with van der Waals surface area (Å²) in [7, 11) is 0. The van der Waals surface area contributed by atoms with Crippen LogP contribution in [0.25, 0.3) is 0 Å². The van der Waals surface area contributed by atoms with Crippen LogP contribution >= 0.6 is 11.8 Å². The van der Waals surface area contributed by atoms with E-state index in [1.165, 1.54) is 0 Å². The molecule has 8 heteroatoms. The standard InChI is InChI=1S/C11H19N5O2S/c12-3-4-16-10(13-14-15-16)19-9-1-5-18-11(7-9)2-6-17-8-11/h9H,1-8,12H2. The zero-order chi connectivity index (χ0) is 13.1. The van der Waals surface area contributed by atoms with Gasteiger partial charge in [-0.3, -0.25) is 0 Å². The Hall–Kier alpha value is -0.700. The van der Waals surface area contributed by atoms with Crippen LogP contribution in [0, 0.1) is 0 Å². The second-order valence-electron chi connectivity index (χ2n) is 5.04. The molecule has 0 bridgehead atoms. The van der Waals surface area contributed by atoms with Gasteiger partial charge in [0.15, 0.2) is 0 Å². The Labute approximate surface area is 116 Å². The highest BCUT2D eigenvalue weighted by Gasteiger charge is 2.41. The maximum absolute atomic E-state index is 5.94. The molecule has 1 spiro atoms. The zero-order valence-electron chi connectivity index (χ0n) is 10.8. The van der Waals surface area contributed by atoms with Gasteiger partial charge >= 0.3 is 0 Å². The van der Waals surface area contributed by atoms with E-state index in [0.717, 1.165) is 44.2 Å². The molecule has 2 fully saturated rings. The smallest absolute Gasteiger partial charge is 0.209 e. The van der Waals surface area contributed by atoms with E-state index >= 15 is 0 Å². The van der Waals surface area contributed by atoms with Crippen molar-refractivity contribution in [2.24, 2.45) is 5.73 Å². The number of ether oxygens (including phenoxy) is 2. The zero-order valence-corrected chi connectivity index (χ0v) is 11.6. The van der Waals surface area contributed by atoms with Crippen LogP contribution in [0.2, 0.25) is 0 Å². The van der Waals surface area contributed by atoms with Crippen LogP contribution in [-0.2, 0) is 16.0 Å². The highest BCUT2D eigenvalue weighted by atomic mass is 32.2. The van der Waals surface area contributed by atoms with E-state index in [2.05, 4.69) is 15.5 Å². The van der Waals surface area contributed by atoms with Crippen LogP contribution in [-0.4, -0.2) is 57.4 Å². The number of rotatable bonds is 4. The number of tetrazole rings is 1. The SMILES string of the molecule is NCCn1nnnc1SC1CCOC2(CCOC2)C1. The van der Waals surface area contributed by atoms with Crippen molar-refractivity contribution in [3.05, 3.63) is 0 Å².